The SMILES string of the molecule is CCCCCCCCCCCCCN(C(=O)[C@H](C)NC(=O)[C@@H](NC(=O)CCCCCN1C(=O)C=CC1=O)C(C)C)c1ccc(C2=CN3C(=O)c4cc(OC)c(OCCCOc5cc6c(cc5OC)C(=O)N5C=C(c7ccc(OC)cc7)C[C@H]5C=N6)cc4N=C[C@@H]3C2)cc1. The van der Waals surface area contributed by atoms with Crippen molar-refractivity contribution in [3.63, 3.8) is 0 Å². The average Bonchev–Trinajstić information content (AvgIpc) is 1.67. The molecule has 7 amide bonds. The van der Waals surface area contributed by atoms with E-state index in [0.29, 0.717) is 96.3 Å². The van der Waals surface area contributed by atoms with Crippen molar-refractivity contribution in [2.45, 2.75) is 167 Å². The van der Waals surface area contributed by atoms with Gasteiger partial charge in [0.25, 0.3) is 23.6 Å². The molecule has 93 heavy (non-hydrogen) atoms. The summed E-state index contributed by atoms with van der Waals surface area (Å²) in [4.78, 5) is 109. The summed E-state index contributed by atoms with van der Waals surface area (Å²) in [7, 11) is 4.68. The standard InChI is InChI=1S/C73H90N8O12/c1-8-9-10-11-12-13-14-15-16-17-20-34-78(71(86)49(4)76-70(85)69(48(2)3)77-66(82)23-19-18-21-35-79-67(83)32-33-68(79)84)54-28-24-50(25-29-54)52-38-55-44-74-60-42-64(62(90-6)40-58(60)72(87)80(55)46-52)92-36-22-37-93-65-43-61-59(41-63(65)91-7)73(88)81-47-53(39-56(81)45-75-61)51-26-30-57(89-5)31-27-51/h24-33,40-49,55-56,69H,8-23,34-39H2,1-7H3,(H,76,85)(H,77,82)/t49-,55-,56-,69-/m0/s1. The molecule has 4 aromatic rings. The molecule has 494 valence electrons. The zero-order valence-corrected chi connectivity index (χ0v) is 54.9. The molecule has 4 atom stereocenters. The van der Waals surface area contributed by atoms with Crippen LogP contribution in [0, 0.1) is 5.92 Å². The van der Waals surface area contributed by atoms with E-state index in [0.717, 1.165) is 53.7 Å². The minimum Gasteiger partial charge on any atom is -0.497 e. The maximum Gasteiger partial charge on any atom is 0.260 e. The van der Waals surface area contributed by atoms with Gasteiger partial charge in [-0.1, -0.05) is 116 Å². The summed E-state index contributed by atoms with van der Waals surface area (Å²) in [6.07, 6.45) is 26.0. The fourth-order valence-electron chi connectivity index (χ4n) is 12.3. The van der Waals surface area contributed by atoms with Crippen LogP contribution < -0.4 is 39.2 Å². The van der Waals surface area contributed by atoms with E-state index in [2.05, 4.69) is 17.6 Å². The number of nitrogens with zero attached hydrogens (tertiary/aromatic N) is 6. The summed E-state index contributed by atoms with van der Waals surface area (Å²) < 4.78 is 29.2. The van der Waals surface area contributed by atoms with Crippen LogP contribution in [0.1, 0.15) is 175 Å². The van der Waals surface area contributed by atoms with Gasteiger partial charge in [-0.2, -0.15) is 0 Å². The number of anilines is 1. The molecule has 4 aromatic carbocycles. The van der Waals surface area contributed by atoms with E-state index in [1.807, 2.05) is 74.8 Å². The molecule has 0 saturated heterocycles. The maximum absolute atomic E-state index is 14.5. The van der Waals surface area contributed by atoms with Crippen LogP contribution >= 0.6 is 0 Å². The number of imide groups is 1. The first-order valence-corrected chi connectivity index (χ1v) is 33.1. The van der Waals surface area contributed by atoms with Gasteiger partial charge in [-0.05, 0) is 90.8 Å². The monoisotopic (exact) mass is 1270 g/mol. The molecule has 0 fully saturated rings. The number of amides is 7. The Kier molecular flexibility index (Phi) is 24.2. The lowest BCUT2D eigenvalue weighted by atomic mass is 10.0. The van der Waals surface area contributed by atoms with Crippen LogP contribution in [0.4, 0.5) is 17.1 Å². The zero-order chi connectivity index (χ0) is 66.0. The first kappa shape index (κ1) is 68.3. The molecule has 0 unspecified atom stereocenters. The Bertz CT molecular complexity index is 3480. The third-order valence-corrected chi connectivity index (χ3v) is 17.7. The Hall–Kier alpha value is -9.07. The summed E-state index contributed by atoms with van der Waals surface area (Å²) in [5.74, 6) is 0.0198. The van der Waals surface area contributed by atoms with E-state index in [1.165, 1.54) is 76.2 Å². The lowest BCUT2D eigenvalue weighted by molar-refractivity contribution is -0.137. The molecule has 20 heteroatoms. The lowest BCUT2D eigenvalue weighted by Gasteiger charge is -2.28. The van der Waals surface area contributed by atoms with E-state index >= 15 is 0 Å². The number of aliphatic imine (C=N–C) groups is 2. The van der Waals surface area contributed by atoms with Crippen LogP contribution in [0.3, 0.4) is 0 Å². The van der Waals surface area contributed by atoms with Crippen LogP contribution in [0.15, 0.2) is 107 Å². The van der Waals surface area contributed by atoms with Crippen molar-refractivity contribution in [1.29, 1.82) is 0 Å². The van der Waals surface area contributed by atoms with Gasteiger partial charge in [-0.15, -0.1) is 0 Å². The molecule has 5 aliphatic rings. The van der Waals surface area contributed by atoms with Crippen molar-refractivity contribution in [3.05, 3.63) is 120 Å². The van der Waals surface area contributed by atoms with Gasteiger partial charge in [0.2, 0.25) is 17.7 Å². The molecule has 0 saturated carbocycles. The van der Waals surface area contributed by atoms with Gasteiger partial charge in [0.1, 0.15) is 17.8 Å². The maximum atomic E-state index is 14.5. The molecule has 0 aliphatic carbocycles. The molecule has 5 aliphatic heterocycles. The number of hydrogen-bond acceptors (Lipinski definition) is 14. The minimum absolute atomic E-state index is 0.168. The molecular weight excluding hydrogens is 1180 g/mol. The average molecular weight is 1270 g/mol. The number of hydrogen-bond donors (Lipinski definition) is 2. The minimum atomic E-state index is -0.909. The van der Waals surface area contributed by atoms with Crippen LogP contribution in [0.2, 0.25) is 0 Å². The Morgan fingerprint density at radius 3 is 1.57 bits per heavy atom. The Balaban J connectivity index is 0.792. The molecule has 5 heterocycles. The molecular formula is C73H90N8O12. The van der Waals surface area contributed by atoms with Gasteiger partial charge in [-0.3, -0.25) is 48.4 Å². The van der Waals surface area contributed by atoms with Crippen LogP contribution in [0.5, 0.6) is 28.7 Å². The van der Waals surface area contributed by atoms with Gasteiger partial charge < -0.3 is 49.0 Å². The van der Waals surface area contributed by atoms with Crippen molar-refractivity contribution >= 4 is 82.0 Å². The largest absolute Gasteiger partial charge is 0.497 e. The Morgan fingerprint density at radius 1 is 0.581 bits per heavy atom. The second-order valence-electron chi connectivity index (χ2n) is 24.7. The Morgan fingerprint density at radius 2 is 1.08 bits per heavy atom. The van der Waals surface area contributed by atoms with Gasteiger partial charge in [0.15, 0.2) is 23.0 Å². The fourth-order valence-corrected chi connectivity index (χ4v) is 12.3. The van der Waals surface area contributed by atoms with Crippen molar-refractivity contribution in [2.75, 3.05) is 52.5 Å². The predicted molar refractivity (Wildman–Crippen MR) is 360 cm³/mol. The number of rotatable bonds is 35. The molecule has 2 N–H and O–H groups in total. The number of fused-ring (bicyclic) bond motifs is 4. The van der Waals surface area contributed by atoms with Crippen molar-refractivity contribution < 1.29 is 57.2 Å². The predicted octanol–water partition coefficient (Wildman–Crippen LogP) is 12.3. The number of carbonyl (C=O) groups excluding carboxylic acids is 7. The zero-order valence-electron chi connectivity index (χ0n) is 54.9. The van der Waals surface area contributed by atoms with Gasteiger partial charge in [0.05, 0.1) is 69.1 Å². The van der Waals surface area contributed by atoms with E-state index in [-0.39, 0.29) is 79.6 Å². The van der Waals surface area contributed by atoms with Gasteiger partial charge in [-0.25, -0.2) is 0 Å². The summed E-state index contributed by atoms with van der Waals surface area (Å²) in [5, 5.41) is 5.78. The van der Waals surface area contributed by atoms with Crippen molar-refractivity contribution in [2.24, 2.45) is 15.9 Å². The fraction of sp³-hybridized carbons (Fsp3) is 0.466. The van der Waals surface area contributed by atoms with Crippen molar-refractivity contribution in [3.8, 4) is 28.7 Å². The highest BCUT2D eigenvalue weighted by Crippen LogP contribution is 2.42. The molecule has 0 aromatic heterocycles. The molecule has 9 rings (SSSR count). The van der Waals surface area contributed by atoms with E-state index < -0.39 is 18.0 Å². The van der Waals surface area contributed by atoms with Crippen LogP contribution in [0.25, 0.3) is 11.1 Å². The van der Waals surface area contributed by atoms with Gasteiger partial charge in [0, 0.05) is 93.6 Å². The highest BCUT2D eigenvalue weighted by Gasteiger charge is 2.36. The number of methoxy groups -OCH3 is 3. The first-order valence-electron chi connectivity index (χ1n) is 33.1. The summed E-state index contributed by atoms with van der Waals surface area (Å²) in [5.41, 5.74) is 6.22. The topological polar surface area (TPSA) is 227 Å². The highest BCUT2D eigenvalue weighted by molar-refractivity contribution is 6.13. The summed E-state index contributed by atoms with van der Waals surface area (Å²) in [6.45, 7) is 8.82. The van der Waals surface area contributed by atoms with Crippen LogP contribution in [-0.2, 0) is 24.0 Å². The van der Waals surface area contributed by atoms with Crippen LogP contribution in [-0.4, -0.2) is 140 Å². The third kappa shape index (κ3) is 17.4. The molecule has 0 bridgehead atoms. The highest BCUT2D eigenvalue weighted by atomic mass is 16.5. The number of ether oxygens (including phenoxy) is 5. The second-order valence-corrected chi connectivity index (χ2v) is 24.7. The van der Waals surface area contributed by atoms with E-state index in [9.17, 15) is 33.6 Å². The molecule has 0 radical (unpaired) electrons. The second kappa shape index (κ2) is 33.0. The number of carbonyl (C=O) groups is 7. The normalized spacial score (nSPS) is 16.8. The molecule has 0 spiro atoms. The lowest BCUT2D eigenvalue weighted by Crippen LogP contribution is -2.55. The van der Waals surface area contributed by atoms with E-state index in [1.54, 1.807) is 65.4 Å². The number of unbranched alkanes of at least 4 members (excludes halogenated alkanes) is 12. The smallest absolute Gasteiger partial charge is 0.260 e. The number of nitrogens with one attached hydrogen (secondary N) is 2. The van der Waals surface area contributed by atoms with Gasteiger partial charge >= 0.3 is 0 Å². The third-order valence-electron chi connectivity index (χ3n) is 17.7. The number of benzene rings is 4. The first-order chi connectivity index (χ1) is 45.1. The van der Waals surface area contributed by atoms with Crippen molar-refractivity contribution in [1.82, 2.24) is 25.3 Å². The van der Waals surface area contributed by atoms with E-state index in [4.69, 9.17) is 33.7 Å². The molecule has 20 nitrogen and oxygen atoms in total. The summed E-state index contributed by atoms with van der Waals surface area (Å²) in [6, 6.07) is 19.9. The quantitative estimate of drug-likeness (QED) is 0.0324. The Labute approximate surface area is 546 Å². The summed E-state index contributed by atoms with van der Waals surface area (Å²) >= 11 is 0.